The normalized spacial score (nSPS) is 13.8. The van der Waals surface area contributed by atoms with Crippen molar-refractivity contribution in [1.29, 1.82) is 0 Å². The number of rotatable bonds is 12. The van der Waals surface area contributed by atoms with E-state index in [9.17, 15) is 9.90 Å². The number of benzene rings is 1. The van der Waals surface area contributed by atoms with Crippen LogP contribution in [-0.4, -0.2) is 71.1 Å². The highest BCUT2D eigenvalue weighted by Crippen LogP contribution is 2.34. The van der Waals surface area contributed by atoms with Crippen molar-refractivity contribution in [2.24, 2.45) is 11.0 Å². The summed E-state index contributed by atoms with van der Waals surface area (Å²) in [6, 6.07) is 6.81. The molecule has 246 valence electrons. The van der Waals surface area contributed by atoms with Gasteiger partial charge < -0.3 is 5.11 Å². The molecule has 0 amide bonds. The molecule has 0 saturated carbocycles. The molecule has 1 atom stereocenters. The zero-order valence-electron chi connectivity index (χ0n) is 28.0. The van der Waals surface area contributed by atoms with Crippen molar-refractivity contribution < 1.29 is 9.90 Å². The molecule has 5 rings (SSSR count). The molecule has 0 bridgehead atoms. The lowest BCUT2D eigenvalue weighted by atomic mass is 9.86. The van der Waals surface area contributed by atoms with E-state index in [2.05, 4.69) is 51.3 Å². The van der Waals surface area contributed by atoms with Gasteiger partial charge >= 0.3 is 5.97 Å². The Morgan fingerprint density at radius 1 is 0.766 bits per heavy atom. The fourth-order valence-electron chi connectivity index (χ4n) is 5.01. The SMILES string of the molecule is CC(C)[C@](C)(N=[N+]=[N-])c1cn(C(C)(C)c2cn(C(C)(C)c3cn(C(C)(C)c4cn(Cc5ccccc5C(=O)O)nn4)nn3)nn2)nn1. The molecule has 47 heavy (non-hydrogen) atoms. The second-order valence-corrected chi connectivity index (χ2v) is 13.6. The Hall–Kier alpha value is -5.44. The topological polar surface area (TPSA) is 209 Å². The first-order valence-corrected chi connectivity index (χ1v) is 15.1. The van der Waals surface area contributed by atoms with Gasteiger partial charge in [-0.05, 0) is 71.5 Å². The molecular weight excluding hydrogens is 602 g/mol. The lowest BCUT2D eigenvalue weighted by Gasteiger charge is -2.26. The summed E-state index contributed by atoms with van der Waals surface area (Å²) in [4.78, 5) is 14.7. The van der Waals surface area contributed by atoms with E-state index >= 15 is 0 Å². The fraction of sp³-hybridized carbons (Fsp3) is 0.500. The monoisotopic (exact) mass is 641 g/mol. The molecular formula is C30H39N15O2. The van der Waals surface area contributed by atoms with Crippen LogP contribution in [0.5, 0.6) is 0 Å². The van der Waals surface area contributed by atoms with Gasteiger partial charge in [0.25, 0.3) is 0 Å². The number of carbonyl (C=O) groups is 1. The van der Waals surface area contributed by atoms with Crippen molar-refractivity contribution in [1.82, 2.24) is 60.0 Å². The standard InChI is InChI=1S/C30H39N15O2/c1-19(2)30(9,36-37-31)25-18-45(41-35-25)29(7,8)24-17-44(40-34-24)28(5,6)23-16-43(39-33-23)27(3,4)22-15-42(38-32-22)14-20-12-10-11-13-21(20)26(46)47/h10-13,15-19H,14H2,1-9H3,(H,46,47)/t30-/m0/s1. The molecule has 0 aliphatic carbocycles. The number of nitrogens with zero attached hydrogens (tertiary/aromatic N) is 15. The molecule has 1 N–H and O–H groups in total. The predicted molar refractivity (Wildman–Crippen MR) is 169 cm³/mol. The molecule has 0 fully saturated rings. The largest absolute Gasteiger partial charge is 0.478 e. The van der Waals surface area contributed by atoms with Crippen LogP contribution in [0.3, 0.4) is 0 Å². The number of hydrogen-bond donors (Lipinski definition) is 1. The van der Waals surface area contributed by atoms with Crippen molar-refractivity contribution in [2.45, 2.75) is 91.0 Å². The van der Waals surface area contributed by atoms with E-state index < -0.39 is 28.1 Å². The maximum absolute atomic E-state index is 11.6. The molecule has 0 aliphatic heterocycles. The first-order chi connectivity index (χ1) is 22.0. The summed E-state index contributed by atoms with van der Waals surface area (Å²) in [6.07, 6.45) is 7.26. The van der Waals surface area contributed by atoms with Gasteiger partial charge in [-0.25, -0.2) is 23.5 Å². The quantitative estimate of drug-likeness (QED) is 0.116. The van der Waals surface area contributed by atoms with Crippen LogP contribution in [0, 0.1) is 5.92 Å². The molecule has 1 aromatic carbocycles. The Morgan fingerprint density at radius 3 is 1.70 bits per heavy atom. The van der Waals surface area contributed by atoms with E-state index in [0.717, 1.165) is 0 Å². The highest BCUT2D eigenvalue weighted by molar-refractivity contribution is 5.89. The minimum absolute atomic E-state index is 0.00000718. The van der Waals surface area contributed by atoms with Gasteiger partial charge in [0.15, 0.2) is 0 Å². The first-order valence-electron chi connectivity index (χ1n) is 15.1. The Bertz CT molecular complexity index is 1950. The molecule has 17 heteroatoms. The zero-order chi connectivity index (χ0) is 34.4. The van der Waals surface area contributed by atoms with E-state index in [1.165, 1.54) is 0 Å². The predicted octanol–water partition coefficient (Wildman–Crippen LogP) is 4.33. The summed E-state index contributed by atoms with van der Waals surface area (Å²) in [5.41, 5.74) is 9.43. The molecule has 0 unspecified atom stereocenters. The first kappa shape index (κ1) is 32.9. The fourth-order valence-corrected chi connectivity index (χ4v) is 5.01. The van der Waals surface area contributed by atoms with Crippen molar-refractivity contribution in [3.05, 3.63) is 93.4 Å². The average molecular weight is 642 g/mol. The third-order valence-corrected chi connectivity index (χ3v) is 9.09. The number of hydrogen-bond acceptors (Lipinski definition) is 10. The Labute approximate surface area is 271 Å². The Kier molecular flexibility index (Phi) is 8.22. The molecule has 0 spiro atoms. The summed E-state index contributed by atoms with van der Waals surface area (Å²) >= 11 is 0. The van der Waals surface area contributed by atoms with Crippen LogP contribution in [-0.2, 0) is 28.7 Å². The Morgan fingerprint density at radius 2 is 1.21 bits per heavy atom. The van der Waals surface area contributed by atoms with E-state index in [0.29, 0.717) is 28.3 Å². The molecule has 0 radical (unpaired) electrons. The van der Waals surface area contributed by atoms with Gasteiger partial charge in [-0.3, -0.25) is 0 Å². The highest BCUT2D eigenvalue weighted by Gasteiger charge is 2.37. The number of azide groups is 1. The van der Waals surface area contributed by atoms with Gasteiger partial charge in [0, 0.05) is 4.91 Å². The number of carboxylic acids is 1. The van der Waals surface area contributed by atoms with Crippen LogP contribution in [0.15, 0.2) is 54.2 Å². The van der Waals surface area contributed by atoms with Crippen molar-refractivity contribution in [3.63, 3.8) is 0 Å². The second kappa shape index (κ2) is 11.7. The maximum Gasteiger partial charge on any atom is 0.336 e. The van der Waals surface area contributed by atoms with Crippen molar-refractivity contribution in [2.75, 3.05) is 0 Å². The van der Waals surface area contributed by atoms with Crippen LogP contribution in [0.1, 0.15) is 101 Å². The van der Waals surface area contributed by atoms with Gasteiger partial charge in [0.2, 0.25) is 0 Å². The van der Waals surface area contributed by atoms with E-state index in [1.54, 1.807) is 55.4 Å². The van der Waals surface area contributed by atoms with Crippen molar-refractivity contribution in [3.8, 4) is 0 Å². The summed E-state index contributed by atoms with van der Waals surface area (Å²) in [6.45, 7) is 17.8. The zero-order valence-corrected chi connectivity index (χ0v) is 28.0. The molecule has 4 aromatic heterocycles. The third kappa shape index (κ3) is 5.85. The molecule has 17 nitrogen and oxygen atoms in total. The van der Waals surface area contributed by atoms with Crippen LogP contribution in [0.25, 0.3) is 10.4 Å². The van der Waals surface area contributed by atoms with Crippen LogP contribution in [0.2, 0.25) is 0 Å². The minimum Gasteiger partial charge on any atom is -0.478 e. The minimum atomic E-state index is -0.994. The highest BCUT2D eigenvalue weighted by atomic mass is 16.4. The molecule has 0 saturated heterocycles. The van der Waals surface area contributed by atoms with E-state index in [4.69, 9.17) is 5.53 Å². The summed E-state index contributed by atoms with van der Waals surface area (Å²) in [5, 5.41) is 48.8. The van der Waals surface area contributed by atoms with E-state index in [-0.39, 0.29) is 18.0 Å². The summed E-state index contributed by atoms with van der Waals surface area (Å²) < 4.78 is 6.76. The second-order valence-electron chi connectivity index (χ2n) is 13.6. The smallest absolute Gasteiger partial charge is 0.336 e. The summed E-state index contributed by atoms with van der Waals surface area (Å²) in [7, 11) is 0. The number of carboxylic acid groups (broad SMARTS) is 1. The number of aromatic carboxylic acids is 1. The van der Waals surface area contributed by atoms with Gasteiger partial charge in [0.1, 0.15) is 33.7 Å². The summed E-state index contributed by atoms with van der Waals surface area (Å²) in [5.74, 6) is -0.994. The van der Waals surface area contributed by atoms with E-state index in [1.807, 2.05) is 74.7 Å². The molecule has 5 aromatic rings. The van der Waals surface area contributed by atoms with Crippen LogP contribution in [0.4, 0.5) is 0 Å². The molecule has 0 aliphatic rings. The van der Waals surface area contributed by atoms with Crippen molar-refractivity contribution >= 4 is 5.97 Å². The lowest BCUT2D eigenvalue weighted by Crippen LogP contribution is -2.31. The van der Waals surface area contributed by atoms with Crippen LogP contribution >= 0.6 is 0 Å². The molecule has 4 heterocycles. The lowest BCUT2D eigenvalue weighted by molar-refractivity contribution is 0.0695. The van der Waals surface area contributed by atoms with Gasteiger partial charge in [-0.1, -0.05) is 58.0 Å². The van der Waals surface area contributed by atoms with Crippen LogP contribution < -0.4 is 0 Å². The Balaban J connectivity index is 1.37. The van der Waals surface area contributed by atoms with Gasteiger partial charge in [-0.15, -0.1) is 20.4 Å². The maximum atomic E-state index is 11.6. The third-order valence-electron chi connectivity index (χ3n) is 9.09. The van der Waals surface area contributed by atoms with Gasteiger partial charge in [-0.2, -0.15) is 0 Å². The average Bonchev–Trinajstić information content (AvgIpc) is 3.84. The number of aromatic nitrogens is 12. The van der Waals surface area contributed by atoms with Gasteiger partial charge in [0.05, 0.1) is 48.1 Å².